The van der Waals surface area contributed by atoms with Gasteiger partial charge in [0, 0.05) is 38.1 Å². The van der Waals surface area contributed by atoms with Crippen molar-refractivity contribution in [1.82, 2.24) is 14.2 Å². The van der Waals surface area contributed by atoms with E-state index in [1.54, 1.807) is 16.2 Å². The van der Waals surface area contributed by atoms with Gasteiger partial charge in [0.25, 0.3) is 0 Å². The molecular formula is C13H20N4O3S2. The molecule has 122 valence electrons. The van der Waals surface area contributed by atoms with Crippen LogP contribution in [0.25, 0.3) is 0 Å². The fourth-order valence-corrected chi connectivity index (χ4v) is 5.08. The molecule has 0 saturated carbocycles. The number of amides is 1. The van der Waals surface area contributed by atoms with Crippen molar-refractivity contribution in [2.24, 2.45) is 0 Å². The van der Waals surface area contributed by atoms with Crippen LogP contribution in [-0.2, 0) is 14.8 Å². The molecule has 2 fully saturated rings. The molecular weight excluding hydrogens is 324 g/mol. The first kappa shape index (κ1) is 15.7. The molecule has 22 heavy (non-hydrogen) atoms. The van der Waals surface area contributed by atoms with Crippen LogP contribution in [0.15, 0.2) is 5.38 Å². The summed E-state index contributed by atoms with van der Waals surface area (Å²) in [7, 11) is -3.20. The SMILES string of the molecule is Cc1csc(N2CCN(C(=O)CN3CCCS3(=O)=O)CC2)n1. The van der Waals surface area contributed by atoms with Gasteiger partial charge in [-0.15, -0.1) is 11.3 Å². The largest absolute Gasteiger partial charge is 0.345 e. The maximum Gasteiger partial charge on any atom is 0.238 e. The molecule has 9 heteroatoms. The second-order valence-corrected chi connectivity index (χ2v) is 8.57. The number of anilines is 1. The normalized spacial score (nSPS) is 22.2. The minimum Gasteiger partial charge on any atom is -0.345 e. The number of aryl methyl sites for hydroxylation is 1. The summed E-state index contributed by atoms with van der Waals surface area (Å²) in [6.07, 6.45) is 0.618. The third-order valence-electron chi connectivity index (χ3n) is 4.02. The number of rotatable bonds is 3. The van der Waals surface area contributed by atoms with Crippen molar-refractivity contribution in [3.63, 3.8) is 0 Å². The number of aromatic nitrogens is 1. The van der Waals surface area contributed by atoms with Crippen molar-refractivity contribution in [1.29, 1.82) is 0 Å². The Bertz CT molecular complexity index is 650. The van der Waals surface area contributed by atoms with Gasteiger partial charge in [-0.25, -0.2) is 13.4 Å². The van der Waals surface area contributed by atoms with Gasteiger partial charge in [-0.2, -0.15) is 4.31 Å². The molecule has 0 atom stereocenters. The smallest absolute Gasteiger partial charge is 0.238 e. The van der Waals surface area contributed by atoms with Crippen molar-refractivity contribution >= 4 is 32.4 Å². The third-order valence-corrected chi connectivity index (χ3v) is 6.95. The topological polar surface area (TPSA) is 73.8 Å². The first-order chi connectivity index (χ1) is 10.5. The zero-order valence-corrected chi connectivity index (χ0v) is 14.2. The summed E-state index contributed by atoms with van der Waals surface area (Å²) in [4.78, 5) is 20.7. The van der Waals surface area contributed by atoms with E-state index in [2.05, 4.69) is 9.88 Å². The molecule has 0 aromatic carbocycles. The molecule has 0 spiro atoms. The fraction of sp³-hybridized carbons (Fsp3) is 0.692. The van der Waals surface area contributed by atoms with Crippen LogP contribution in [0.4, 0.5) is 5.13 Å². The van der Waals surface area contributed by atoms with E-state index in [0.717, 1.165) is 23.9 Å². The summed E-state index contributed by atoms with van der Waals surface area (Å²) in [5.74, 6) is 0.0673. The Kier molecular flexibility index (Phi) is 4.37. The Morgan fingerprint density at radius 2 is 2.00 bits per heavy atom. The first-order valence-corrected chi connectivity index (χ1v) is 9.87. The van der Waals surface area contributed by atoms with E-state index in [9.17, 15) is 13.2 Å². The van der Waals surface area contributed by atoms with Crippen LogP contribution in [-0.4, -0.2) is 73.5 Å². The lowest BCUT2D eigenvalue weighted by molar-refractivity contribution is -0.131. The fourth-order valence-electron chi connectivity index (χ4n) is 2.75. The lowest BCUT2D eigenvalue weighted by atomic mass is 10.3. The number of carbonyl (C=O) groups excluding carboxylic acids is 1. The maximum absolute atomic E-state index is 12.3. The summed E-state index contributed by atoms with van der Waals surface area (Å²) in [5, 5.41) is 3.01. The lowest BCUT2D eigenvalue weighted by Gasteiger charge is -2.35. The van der Waals surface area contributed by atoms with Crippen molar-refractivity contribution in [2.45, 2.75) is 13.3 Å². The maximum atomic E-state index is 12.3. The highest BCUT2D eigenvalue weighted by Gasteiger charge is 2.32. The number of sulfonamides is 1. The Morgan fingerprint density at radius 1 is 1.27 bits per heavy atom. The molecule has 0 unspecified atom stereocenters. The molecule has 7 nitrogen and oxygen atoms in total. The highest BCUT2D eigenvalue weighted by Crippen LogP contribution is 2.21. The zero-order valence-electron chi connectivity index (χ0n) is 12.6. The summed E-state index contributed by atoms with van der Waals surface area (Å²) in [6, 6.07) is 0. The van der Waals surface area contributed by atoms with Crippen molar-refractivity contribution in [3.8, 4) is 0 Å². The number of nitrogens with zero attached hydrogens (tertiary/aromatic N) is 4. The number of hydrogen-bond acceptors (Lipinski definition) is 6. The quantitative estimate of drug-likeness (QED) is 0.780. The molecule has 0 radical (unpaired) electrons. The third kappa shape index (κ3) is 3.26. The zero-order chi connectivity index (χ0) is 15.7. The second-order valence-electron chi connectivity index (χ2n) is 5.64. The van der Waals surface area contributed by atoms with E-state index in [4.69, 9.17) is 0 Å². The average molecular weight is 344 g/mol. The van der Waals surface area contributed by atoms with E-state index >= 15 is 0 Å². The van der Waals surface area contributed by atoms with Gasteiger partial charge in [-0.3, -0.25) is 4.79 Å². The van der Waals surface area contributed by atoms with Crippen LogP contribution in [0.5, 0.6) is 0 Å². The molecule has 2 aliphatic heterocycles. The van der Waals surface area contributed by atoms with Gasteiger partial charge in [-0.05, 0) is 13.3 Å². The predicted molar refractivity (Wildman–Crippen MR) is 85.6 cm³/mol. The second kappa shape index (κ2) is 6.13. The lowest BCUT2D eigenvalue weighted by Crippen LogP contribution is -2.51. The molecule has 0 bridgehead atoms. The molecule has 1 amide bonds. The van der Waals surface area contributed by atoms with E-state index in [1.807, 2.05) is 12.3 Å². The van der Waals surface area contributed by atoms with Crippen LogP contribution in [0.1, 0.15) is 12.1 Å². The molecule has 1 aromatic rings. The van der Waals surface area contributed by atoms with Crippen LogP contribution in [0, 0.1) is 6.92 Å². The molecule has 1 aromatic heterocycles. The molecule has 0 N–H and O–H groups in total. The predicted octanol–water partition coefficient (Wildman–Crippen LogP) is 0.136. The van der Waals surface area contributed by atoms with Crippen LogP contribution in [0.2, 0.25) is 0 Å². The van der Waals surface area contributed by atoms with Gasteiger partial charge < -0.3 is 9.80 Å². The monoisotopic (exact) mass is 344 g/mol. The average Bonchev–Trinajstić information content (AvgIpc) is 3.05. The van der Waals surface area contributed by atoms with Crippen LogP contribution >= 0.6 is 11.3 Å². The van der Waals surface area contributed by atoms with Gasteiger partial charge in [0.15, 0.2) is 5.13 Å². The summed E-state index contributed by atoms with van der Waals surface area (Å²) in [5.41, 5.74) is 1.01. The molecule has 2 saturated heterocycles. The van der Waals surface area contributed by atoms with E-state index in [1.165, 1.54) is 4.31 Å². The van der Waals surface area contributed by atoms with Gasteiger partial charge in [0.2, 0.25) is 15.9 Å². The number of hydrogen-bond donors (Lipinski definition) is 0. The van der Waals surface area contributed by atoms with Gasteiger partial charge >= 0.3 is 0 Å². The molecule has 3 heterocycles. The van der Waals surface area contributed by atoms with Crippen molar-refractivity contribution < 1.29 is 13.2 Å². The first-order valence-electron chi connectivity index (χ1n) is 7.38. The van der Waals surface area contributed by atoms with Crippen LogP contribution in [0.3, 0.4) is 0 Å². The summed E-state index contributed by atoms with van der Waals surface area (Å²) < 4.78 is 24.8. The minimum absolute atomic E-state index is 0.0152. The Labute approximate surface area is 134 Å². The van der Waals surface area contributed by atoms with Crippen molar-refractivity contribution in [2.75, 3.05) is 49.9 Å². The Morgan fingerprint density at radius 3 is 2.55 bits per heavy atom. The molecule has 3 rings (SSSR count). The Balaban J connectivity index is 1.54. The van der Waals surface area contributed by atoms with Crippen LogP contribution < -0.4 is 4.90 Å². The van der Waals surface area contributed by atoms with Crippen molar-refractivity contribution in [3.05, 3.63) is 11.1 Å². The van der Waals surface area contributed by atoms with Gasteiger partial charge in [0.1, 0.15) is 0 Å². The number of carbonyl (C=O) groups is 1. The van der Waals surface area contributed by atoms with E-state index in [-0.39, 0.29) is 18.2 Å². The molecule has 0 aliphatic carbocycles. The van der Waals surface area contributed by atoms with Gasteiger partial charge in [-0.1, -0.05) is 0 Å². The van der Waals surface area contributed by atoms with E-state index < -0.39 is 10.0 Å². The summed E-state index contributed by atoms with van der Waals surface area (Å²) >= 11 is 1.62. The van der Waals surface area contributed by atoms with Gasteiger partial charge in [0.05, 0.1) is 18.0 Å². The highest BCUT2D eigenvalue weighted by molar-refractivity contribution is 7.89. The standard InChI is InChI=1S/C13H20N4O3S2/c1-11-10-21-13(14-11)16-6-4-15(5-7-16)12(18)9-17-3-2-8-22(17,19)20/h10H,2-9H2,1H3. The molecule has 2 aliphatic rings. The number of thiazole rings is 1. The minimum atomic E-state index is -3.20. The van der Waals surface area contributed by atoms with E-state index in [0.29, 0.717) is 26.1 Å². The number of piperazine rings is 1. The highest BCUT2D eigenvalue weighted by atomic mass is 32.2. The summed E-state index contributed by atoms with van der Waals surface area (Å²) in [6.45, 7) is 5.13. The Hall–Kier alpha value is -1.19.